The van der Waals surface area contributed by atoms with Crippen molar-refractivity contribution in [2.75, 3.05) is 19.7 Å². The fourth-order valence-corrected chi connectivity index (χ4v) is 4.32. The van der Waals surface area contributed by atoms with Gasteiger partial charge in [0.1, 0.15) is 17.1 Å². The van der Waals surface area contributed by atoms with E-state index < -0.39 is 5.60 Å². The summed E-state index contributed by atoms with van der Waals surface area (Å²) >= 11 is 6.01. The SMILES string of the molecule is CCc1ccc(OCCC(=O)N2CCC3(CC2)CC(=O)c2cc(Cl)ccc2O3)cc1. The first-order valence-corrected chi connectivity index (χ1v) is 10.9. The predicted molar refractivity (Wildman–Crippen MR) is 116 cm³/mol. The minimum absolute atomic E-state index is 0.0565. The minimum Gasteiger partial charge on any atom is -0.493 e. The van der Waals surface area contributed by atoms with Crippen LogP contribution in [0.1, 0.15) is 48.5 Å². The van der Waals surface area contributed by atoms with Crippen LogP contribution in [0.5, 0.6) is 11.5 Å². The monoisotopic (exact) mass is 427 g/mol. The lowest BCUT2D eigenvalue weighted by molar-refractivity contribution is -0.135. The molecule has 1 spiro atoms. The number of piperidine rings is 1. The van der Waals surface area contributed by atoms with Gasteiger partial charge in [-0.3, -0.25) is 9.59 Å². The minimum atomic E-state index is -0.522. The zero-order chi connectivity index (χ0) is 21.1. The molecule has 0 saturated carbocycles. The van der Waals surface area contributed by atoms with Crippen molar-refractivity contribution in [2.45, 2.75) is 44.6 Å². The number of carbonyl (C=O) groups excluding carboxylic acids is 2. The highest BCUT2D eigenvalue weighted by Crippen LogP contribution is 2.40. The van der Waals surface area contributed by atoms with E-state index in [1.54, 1.807) is 18.2 Å². The van der Waals surface area contributed by atoms with Gasteiger partial charge in [-0.05, 0) is 42.3 Å². The molecule has 2 aliphatic heterocycles. The highest BCUT2D eigenvalue weighted by molar-refractivity contribution is 6.31. The van der Waals surface area contributed by atoms with E-state index in [-0.39, 0.29) is 11.7 Å². The number of fused-ring (bicyclic) bond motifs is 1. The number of ether oxygens (including phenoxy) is 2. The molecular weight excluding hydrogens is 402 g/mol. The van der Waals surface area contributed by atoms with Crippen molar-refractivity contribution in [3.8, 4) is 11.5 Å². The number of aryl methyl sites for hydroxylation is 1. The largest absolute Gasteiger partial charge is 0.493 e. The zero-order valence-electron chi connectivity index (χ0n) is 17.2. The maximum atomic E-state index is 12.6. The molecule has 1 saturated heterocycles. The van der Waals surface area contributed by atoms with Crippen molar-refractivity contribution in [2.24, 2.45) is 0 Å². The lowest BCUT2D eigenvalue weighted by Gasteiger charge is -2.44. The van der Waals surface area contributed by atoms with Crippen LogP contribution < -0.4 is 9.47 Å². The molecule has 158 valence electrons. The molecule has 2 heterocycles. The molecule has 30 heavy (non-hydrogen) atoms. The van der Waals surface area contributed by atoms with Crippen LogP contribution in [0.15, 0.2) is 42.5 Å². The molecule has 0 aromatic heterocycles. The number of Topliss-reactive ketones (excluding diaryl/α,β-unsaturated/α-hetero) is 1. The summed E-state index contributed by atoms with van der Waals surface area (Å²) in [6, 6.07) is 13.1. The number of hydrogen-bond acceptors (Lipinski definition) is 4. The molecule has 0 unspecified atom stereocenters. The summed E-state index contributed by atoms with van der Waals surface area (Å²) in [5, 5.41) is 0.533. The molecule has 1 amide bonds. The van der Waals surface area contributed by atoms with Gasteiger partial charge >= 0.3 is 0 Å². The van der Waals surface area contributed by atoms with Crippen LogP contribution in [-0.2, 0) is 11.2 Å². The van der Waals surface area contributed by atoms with Gasteiger partial charge in [0, 0.05) is 31.0 Å². The van der Waals surface area contributed by atoms with Gasteiger partial charge in [-0.2, -0.15) is 0 Å². The van der Waals surface area contributed by atoms with Gasteiger partial charge in [0.05, 0.1) is 25.0 Å². The van der Waals surface area contributed by atoms with E-state index in [4.69, 9.17) is 21.1 Å². The number of benzene rings is 2. The summed E-state index contributed by atoms with van der Waals surface area (Å²) < 4.78 is 11.9. The van der Waals surface area contributed by atoms with Crippen molar-refractivity contribution in [1.82, 2.24) is 4.90 Å². The van der Waals surface area contributed by atoms with Crippen LogP contribution in [0.4, 0.5) is 0 Å². The van der Waals surface area contributed by atoms with Crippen molar-refractivity contribution in [1.29, 1.82) is 0 Å². The van der Waals surface area contributed by atoms with Crippen LogP contribution in [0.2, 0.25) is 5.02 Å². The van der Waals surface area contributed by atoms with Crippen molar-refractivity contribution in [3.63, 3.8) is 0 Å². The Balaban J connectivity index is 1.28. The Morgan fingerprint density at radius 1 is 1.17 bits per heavy atom. The third kappa shape index (κ3) is 4.46. The summed E-state index contributed by atoms with van der Waals surface area (Å²) in [7, 11) is 0. The van der Waals surface area contributed by atoms with Crippen molar-refractivity contribution >= 4 is 23.3 Å². The van der Waals surface area contributed by atoms with Crippen LogP contribution in [0.25, 0.3) is 0 Å². The third-order valence-corrected chi connectivity index (χ3v) is 6.23. The van der Waals surface area contributed by atoms with Crippen molar-refractivity contribution < 1.29 is 19.1 Å². The second kappa shape index (κ2) is 8.68. The average molecular weight is 428 g/mol. The molecular formula is C24H26ClNO4. The lowest BCUT2D eigenvalue weighted by atomic mass is 9.82. The topological polar surface area (TPSA) is 55.8 Å². The Kier molecular flexibility index (Phi) is 6.00. The summed E-state index contributed by atoms with van der Waals surface area (Å²) in [5.41, 5.74) is 1.29. The standard InChI is InChI=1S/C24H26ClNO4/c1-2-17-3-6-19(7-4-17)29-14-9-23(28)26-12-10-24(11-13-26)16-21(27)20-15-18(25)5-8-22(20)30-24/h3-8,15H,2,9-14,16H2,1H3. The number of carbonyl (C=O) groups is 2. The number of nitrogens with zero attached hydrogens (tertiary/aromatic N) is 1. The first kappa shape index (κ1) is 20.7. The Morgan fingerprint density at radius 2 is 1.90 bits per heavy atom. The average Bonchev–Trinajstić information content (AvgIpc) is 2.75. The quantitative estimate of drug-likeness (QED) is 0.694. The number of halogens is 1. The Bertz CT molecular complexity index is 933. The number of hydrogen-bond donors (Lipinski definition) is 0. The van der Waals surface area contributed by atoms with Crippen LogP contribution in [-0.4, -0.2) is 41.9 Å². The summed E-state index contributed by atoms with van der Waals surface area (Å²) in [4.78, 5) is 27.0. The molecule has 2 aliphatic rings. The van der Waals surface area contributed by atoms with Gasteiger partial charge < -0.3 is 14.4 Å². The van der Waals surface area contributed by atoms with E-state index >= 15 is 0 Å². The second-order valence-electron chi connectivity index (χ2n) is 8.00. The normalized spacial score (nSPS) is 17.4. The molecule has 5 nitrogen and oxygen atoms in total. The first-order chi connectivity index (χ1) is 14.5. The molecule has 0 radical (unpaired) electrons. The second-order valence-corrected chi connectivity index (χ2v) is 8.44. The lowest BCUT2D eigenvalue weighted by Crippen LogP contribution is -2.52. The van der Waals surface area contributed by atoms with Gasteiger partial charge in [-0.1, -0.05) is 30.7 Å². The Hall–Kier alpha value is -2.53. The van der Waals surface area contributed by atoms with Gasteiger partial charge in [0.25, 0.3) is 0 Å². The first-order valence-electron chi connectivity index (χ1n) is 10.5. The summed E-state index contributed by atoms with van der Waals surface area (Å²) in [6.45, 7) is 3.63. The van der Waals surface area contributed by atoms with Gasteiger partial charge in [-0.15, -0.1) is 0 Å². The highest BCUT2D eigenvalue weighted by Gasteiger charge is 2.43. The van der Waals surface area contributed by atoms with Crippen LogP contribution >= 0.6 is 11.6 Å². The highest BCUT2D eigenvalue weighted by atomic mass is 35.5. The zero-order valence-corrected chi connectivity index (χ0v) is 17.9. The molecule has 4 rings (SSSR count). The molecule has 2 aromatic carbocycles. The van der Waals surface area contributed by atoms with Crippen LogP contribution in [0.3, 0.4) is 0 Å². The van der Waals surface area contributed by atoms with E-state index in [2.05, 4.69) is 6.92 Å². The molecule has 0 aliphatic carbocycles. The van der Waals surface area contributed by atoms with E-state index in [9.17, 15) is 9.59 Å². The summed E-state index contributed by atoms with van der Waals surface area (Å²) in [6.07, 6.45) is 2.95. The maximum Gasteiger partial charge on any atom is 0.226 e. The molecule has 0 atom stereocenters. The number of amides is 1. The van der Waals surface area contributed by atoms with E-state index in [0.29, 0.717) is 61.7 Å². The van der Waals surface area contributed by atoms with Gasteiger partial charge in [0.15, 0.2) is 5.78 Å². The third-order valence-electron chi connectivity index (χ3n) is 5.99. The Morgan fingerprint density at radius 3 is 2.60 bits per heavy atom. The molecule has 0 N–H and O–H groups in total. The number of rotatable bonds is 5. The fraction of sp³-hybridized carbons (Fsp3) is 0.417. The van der Waals surface area contributed by atoms with Crippen molar-refractivity contribution in [3.05, 3.63) is 58.6 Å². The predicted octanol–water partition coefficient (Wildman–Crippen LogP) is 4.70. The fourth-order valence-electron chi connectivity index (χ4n) is 4.14. The maximum absolute atomic E-state index is 12.6. The van der Waals surface area contributed by atoms with Gasteiger partial charge in [-0.25, -0.2) is 0 Å². The number of likely N-dealkylation sites (tertiary alicyclic amines) is 1. The molecule has 1 fully saturated rings. The molecule has 6 heteroatoms. The van der Waals surface area contributed by atoms with Gasteiger partial charge in [0.2, 0.25) is 5.91 Å². The number of ketones is 1. The van der Waals surface area contributed by atoms with E-state index in [1.807, 2.05) is 29.2 Å². The Labute approximate surface area is 181 Å². The summed E-state index contributed by atoms with van der Waals surface area (Å²) in [5.74, 6) is 1.51. The molecule has 0 bridgehead atoms. The molecule has 2 aromatic rings. The smallest absolute Gasteiger partial charge is 0.226 e. The van der Waals surface area contributed by atoms with E-state index in [0.717, 1.165) is 12.2 Å². The van der Waals surface area contributed by atoms with E-state index in [1.165, 1.54) is 5.56 Å². The van der Waals surface area contributed by atoms with Crippen LogP contribution in [0, 0.1) is 0 Å².